The first-order valence-corrected chi connectivity index (χ1v) is 29.0. The van der Waals surface area contributed by atoms with E-state index in [1.807, 2.05) is 37.4 Å². The molecule has 6 aliphatic rings. The van der Waals surface area contributed by atoms with Crippen LogP contribution in [0.4, 0.5) is 0 Å². The number of cyclic esters (lactones) is 1. The fourth-order valence-corrected chi connectivity index (χ4v) is 13.6. The Morgan fingerprint density at radius 3 is 2.68 bits per heavy atom. The fourth-order valence-electron chi connectivity index (χ4n) is 12.7. The third-order valence-electron chi connectivity index (χ3n) is 17.1. The quantitative estimate of drug-likeness (QED) is 0.109. The van der Waals surface area contributed by atoms with Crippen LogP contribution in [0.3, 0.4) is 0 Å². The molecule has 2 amide bonds. The van der Waals surface area contributed by atoms with Crippen LogP contribution in [0.1, 0.15) is 125 Å². The second-order valence-electron chi connectivity index (χ2n) is 22.8. The lowest BCUT2D eigenvalue weighted by Gasteiger charge is -2.42. The average molecular weight is 1070 g/mol. The van der Waals surface area contributed by atoms with Gasteiger partial charge in [-0.15, -0.1) is 11.3 Å². The molecular formula is C59H76N8O9S. The molecule has 1 aromatic carbocycles. The number of pyridine rings is 2. The summed E-state index contributed by atoms with van der Waals surface area (Å²) in [5.74, 6) is -1.25. The first-order valence-electron chi connectivity index (χ1n) is 28.1. The number of carbonyl (C=O) groups excluding carboxylic acids is 3. The summed E-state index contributed by atoms with van der Waals surface area (Å²) in [6, 6.07) is 13.1. The van der Waals surface area contributed by atoms with Gasteiger partial charge in [0.2, 0.25) is 5.91 Å². The number of hydrogen-bond donors (Lipinski definition) is 2. The van der Waals surface area contributed by atoms with Gasteiger partial charge < -0.3 is 38.3 Å². The van der Waals surface area contributed by atoms with E-state index in [0.717, 1.165) is 102 Å². The first-order chi connectivity index (χ1) is 37.4. The van der Waals surface area contributed by atoms with Gasteiger partial charge in [-0.2, -0.15) is 0 Å². The molecule has 5 aliphatic heterocycles. The minimum Gasteiger partial charge on any atom is -0.464 e. The number of fused-ring (bicyclic) bond motifs is 7. The number of hydrogen-bond acceptors (Lipinski definition) is 15. The van der Waals surface area contributed by atoms with Gasteiger partial charge in [0.05, 0.1) is 55.7 Å². The number of ether oxygens (including phenoxy) is 6. The normalized spacial score (nSPS) is 27.6. The van der Waals surface area contributed by atoms with Crippen LogP contribution in [-0.4, -0.2) is 144 Å². The Morgan fingerprint density at radius 2 is 1.87 bits per heavy atom. The van der Waals surface area contributed by atoms with Gasteiger partial charge in [-0.25, -0.2) is 10.4 Å². The fraction of sp³-hybridized carbons (Fsp3) is 0.593. The predicted octanol–water partition coefficient (Wildman–Crippen LogP) is 7.94. The van der Waals surface area contributed by atoms with Crippen molar-refractivity contribution in [2.45, 2.75) is 134 Å². The predicted molar refractivity (Wildman–Crippen MR) is 292 cm³/mol. The van der Waals surface area contributed by atoms with Crippen molar-refractivity contribution in [1.82, 2.24) is 40.2 Å². The van der Waals surface area contributed by atoms with E-state index in [-0.39, 0.29) is 49.1 Å². The standard InChI is InChI=1S/C59H76N8O9S/c1-7-74-54-52(63-55(68)50-35(2)49(50)45-11-8-9-18-60-45)57(69)67-19-10-12-46(64-67)58(70)76-34-59(4,5)30-44-42-28-38(47-33-77-56(54)62-47)13-14-48(42)66(22-26-75-41-16-23-72-24-17-41)53(44)43-29-39(31-61-51(43)36(3)71-6)37-15-20-65-21-25-73-32-40(65)27-37/h8-9,11,13-14,18,28-29,31,33,35-37,40-41,46,49-50,52,54,64H,7,10,12,15-17,19-27,30,32,34H2,1-6H3,(H,63,68)/t35-,36+,37-,40+,46+,49-,50+,52+,54+/m1/s1. The lowest BCUT2D eigenvalue weighted by atomic mass is 9.82. The number of rotatable bonds is 13. The number of morpholine rings is 1. The highest BCUT2D eigenvalue weighted by Crippen LogP contribution is 2.53. The van der Waals surface area contributed by atoms with Crippen LogP contribution in [0.2, 0.25) is 0 Å². The molecule has 4 saturated heterocycles. The second-order valence-corrected chi connectivity index (χ2v) is 23.7. The first kappa shape index (κ1) is 53.8. The zero-order chi connectivity index (χ0) is 53.4. The van der Waals surface area contributed by atoms with Gasteiger partial charge in [0.25, 0.3) is 5.91 Å². The maximum absolute atomic E-state index is 15.0. The lowest BCUT2D eigenvalue weighted by Crippen LogP contribution is -2.61. The molecule has 1 saturated carbocycles. The van der Waals surface area contributed by atoms with Crippen molar-refractivity contribution in [3.05, 3.63) is 87.8 Å². The monoisotopic (exact) mass is 1070 g/mol. The molecule has 5 fully saturated rings. The molecule has 18 heteroatoms. The van der Waals surface area contributed by atoms with Crippen molar-refractivity contribution in [1.29, 1.82) is 0 Å². The zero-order valence-electron chi connectivity index (χ0n) is 45.5. The van der Waals surface area contributed by atoms with E-state index < -0.39 is 35.5 Å². The van der Waals surface area contributed by atoms with Crippen LogP contribution in [0.15, 0.2) is 60.2 Å². The van der Waals surface area contributed by atoms with Crippen molar-refractivity contribution >= 4 is 40.0 Å². The smallest absolute Gasteiger partial charge is 0.324 e. The molecule has 17 nitrogen and oxygen atoms in total. The lowest BCUT2D eigenvalue weighted by molar-refractivity contribution is -0.156. The number of methoxy groups -OCH3 is 1. The molecule has 5 aromatic rings. The average Bonchev–Trinajstić information content (AvgIpc) is 3.86. The number of esters is 1. The number of amides is 2. The van der Waals surface area contributed by atoms with Crippen LogP contribution >= 0.6 is 11.3 Å². The Kier molecular flexibility index (Phi) is 16.3. The van der Waals surface area contributed by atoms with Crippen LogP contribution in [0.5, 0.6) is 0 Å². The Balaban J connectivity index is 1.04. The number of aromatic nitrogens is 4. The molecule has 77 heavy (non-hydrogen) atoms. The third-order valence-corrected chi connectivity index (χ3v) is 18.0. The molecule has 9 heterocycles. The third kappa shape index (κ3) is 11.4. The number of thiazole rings is 1. The summed E-state index contributed by atoms with van der Waals surface area (Å²) in [7, 11) is 1.74. The highest BCUT2D eigenvalue weighted by atomic mass is 32.1. The van der Waals surface area contributed by atoms with Crippen molar-refractivity contribution < 1.29 is 42.8 Å². The number of piperidine rings is 1. The molecule has 0 spiro atoms. The number of carbonyl (C=O) groups is 3. The van der Waals surface area contributed by atoms with E-state index in [9.17, 15) is 9.59 Å². The van der Waals surface area contributed by atoms with E-state index in [2.05, 4.69) is 76.4 Å². The van der Waals surface area contributed by atoms with Gasteiger partial charge in [-0.05, 0) is 119 Å². The molecule has 2 N–H and O–H groups in total. The van der Waals surface area contributed by atoms with Crippen LogP contribution in [0.25, 0.3) is 33.4 Å². The molecule has 0 radical (unpaired) electrons. The maximum atomic E-state index is 15.0. The Morgan fingerprint density at radius 1 is 1.01 bits per heavy atom. The molecule has 6 bridgehead atoms. The highest BCUT2D eigenvalue weighted by Gasteiger charge is 2.54. The molecule has 9 atom stereocenters. The van der Waals surface area contributed by atoms with Crippen LogP contribution in [0, 0.1) is 17.3 Å². The van der Waals surface area contributed by atoms with E-state index in [1.54, 1.807) is 13.3 Å². The van der Waals surface area contributed by atoms with Gasteiger partial charge in [-0.1, -0.05) is 32.9 Å². The number of nitrogens with zero attached hydrogens (tertiary/aromatic N) is 6. The van der Waals surface area contributed by atoms with Gasteiger partial charge in [0, 0.05) is 115 Å². The van der Waals surface area contributed by atoms with Gasteiger partial charge in [-0.3, -0.25) is 34.3 Å². The zero-order valence-corrected chi connectivity index (χ0v) is 46.4. The molecule has 412 valence electrons. The number of nitrogens with one attached hydrogen (secondary N) is 2. The van der Waals surface area contributed by atoms with Crippen molar-refractivity contribution in [3.8, 4) is 22.5 Å². The van der Waals surface area contributed by atoms with E-state index in [0.29, 0.717) is 69.1 Å². The summed E-state index contributed by atoms with van der Waals surface area (Å²) in [6.45, 7) is 16.9. The highest BCUT2D eigenvalue weighted by molar-refractivity contribution is 7.10. The maximum Gasteiger partial charge on any atom is 0.324 e. The van der Waals surface area contributed by atoms with E-state index in [4.69, 9.17) is 38.4 Å². The Hall–Kier alpha value is -5.18. The Labute approximate surface area is 456 Å². The van der Waals surface area contributed by atoms with E-state index >= 15 is 4.79 Å². The van der Waals surface area contributed by atoms with Crippen molar-refractivity contribution in [3.63, 3.8) is 0 Å². The second kappa shape index (κ2) is 23.3. The summed E-state index contributed by atoms with van der Waals surface area (Å²) in [5.41, 5.74) is 11.4. The minimum absolute atomic E-state index is 0.0211. The van der Waals surface area contributed by atoms with Crippen LogP contribution < -0.4 is 10.7 Å². The summed E-state index contributed by atoms with van der Waals surface area (Å²) in [6.07, 6.45) is 7.98. The molecule has 4 aromatic heterocycles. The van der Waals surface area contributed by atoms with Gasteiger partial charge in [0.1, 0.15) is 23.2 Å². The minimum atomic E-state index is -1.16. The largest absolute Gasteiger partial charge is 0.464 e. The summed E-state index contributed by atoms with van der Waals surface area (Å²) < 4.78 is 39.7. The van der Waals surface area contributed by atoms with Crippen molar-refractivity contribution in [2.24, 2.45) is 17.3 Å². The molecule has 11 rings (SSSR count). The number of benzene rings is 1. The summed E-state index contributed by atoms with van der Waals surface area (Å²) >= 11 is 1.40. The molecule has 1 aliphatic carbocycles. The summed E-state index contributed by atoms with van der Waals surface area (Å²) in [4.78, 5) is 61.5. The summed E-state index contributed by atoms with van der Waals surface area (Å²) in [5, 5.41) is 8.24. The Bertz CT molecular complexity index is 2910. The van der Waals surface area contributed by atoms with E-state index in [1.165, 1.54) is 21.9 Å². The SMILES string of the molecule is CCO[C@@H]1c2nc(cs2)-c2ccc3c(c2)c(c(-c2cc([C@@H]4CCN5CCOC[C@@H]5C4)cnc2[C@H](C)OC)n3CCOC2CCOCC2)CC(C)(C)COC(=O)[C@@H]2CCCN(N2)C(=O)[C@H]1NC(=O)[C@H]1[C@H](C)[C@@H]1c1ccccn1. The van der Waals surface area contributed by atoms with Crippen LogP contribution in [-0.2, 0) is 55.8 Å². The van der Waals surface area contributed by atoms with Gasteiger partial charge >= 0.3 is 5.97 Å². The molecular weight excluding hydrogens is 997 g/mol. The van der Waals surface area contributed by atoms with Crippen molar-refractivity contribution in [2.75, 3.05) is 73.0 Å². The topological polar surface area (TPSA) is 181 Å². The number of hydrazine groups is 1. The van der Waals surface area contributed by atoms with Gasteiger partial charge in [0.15, 0.2) is 0 Å². The molecule has 0 unspecified atom stereocenters.